The highest BCUT2D eigenvalue weighted by atomic mass is 35.5. The molecule has 0 saturated carbocycles. The first kappa shape index (κ1) is 18.6. The van der Waals surface area contributed by atoms with Gasteiger partial charge in [-0.25, -0.2) is 14.5 Å². The minimum Gasteiger partial charge on any atom is -0.459 e. The van der Waals surface area contributed by atoms with Crippen molar-refractivity contribution in [2.45, 2.75) is 18.4 Å². The van der Waals surface area contributed by atoms with Gasteiger partial charge < -0.3 is 14.2 Å². The number of esters is 1. The van der Waals surface area contributed by atoms with Crippen LogP contribution in [0.25, 0.3) is 0 Å². The summed E-state index contributed by atoms with van der Waals surface area (Å²) in [5.41, 5.74) is 1.17. The number of benzene rings is 2. The van der Waals surface area contributed by atoms with E-state index in [4.69, 9.17) is 25.8 Å². The zero-order valence-electron chi connectivity index (χ0n) is 14.9. The summed E-state index contributed by atoms with van der Waals surface area (Å²) in [6.45, 7) is 0.582. The smallest absolute Gasteiger partial charge is 0.338 e. The lowest BCUT2D eigenvalue weighted by atomic mass is 10.1. The normalized spacial score (nSPS) is 21.5. The van der Waals surface area contributed by atoms with Gasteiger partial charge in [0.05, 0.1) is 12.2 Å². The van der Waals surface area contributed by atoms with Gasteiger partial charge in [-0.3, -0.25) is 0 Å². The van der Waals surface area contributed by atoms with Crippen LogP contribution < -0.4 is 0 Å². The molecule has 28 heavy (non-hydrogen) atoms. The first-order valence-electron chi connectivity index (χ1n) is 8.78. The van der Waals surface area contributed by atoms with E-state index in [1.54, 1.807) is 41.3 Å². The van der Waals surface area contributed by atoms with Crippen molar-refractivity contribution < 1.29 is 19.0 Å². The average molecular weight is 400 g/mol. The van der Waals surface area contributed by atoms with E-state index in [1.165, 1.54) is 6.33 Å². The molecule has 0 unspecified atom stereocenters. The number of carbonyl (C=O) groups is 1. The molecule has 8 heteroatoms. The van der Waals surface area contributed by atoms with E-state index < -0.39 is 17.9 Å². The Morgan fingerprint density at radius 3 is 2.75 bits per heavy atom. The third kappa shape index (κ3) is 3.91. The third-order valence-corrected chi connectivity index (χ3v) is 4.72. The lowest BCUT2D eigenvalue weighted by Crippen LogP contribution is -2.35. The van der Waals surface area contributed by atoms with E-state index in [2.05, 4.69) is 10.1 Å². The molecule has 0 aliphatic carbocycles. The second-order valence-corrected chi connectivity index (χ2v) is 6.75. The second-order valence-electron chi connectivity index (χ2n) is 6.34. The molecule has 2 heterocycles. The maximum Gasteiger partial charge on any atom is 0.338 e. The van der Waals surface area contributed by atoms with Gasteiger partial charge in [-0.15, -0.1) is 0 Å². The van der Waals surface area contributed by atoms with Crippen molar-refractivity contribution in [1.82, 2.24) is 14.8 Å². The van der Waals surface area contributed by atoms with Crippen molar-refractivity contribution in [1.29, 1.82) is 0 Å². The molecule has 144 valence electrons. The van der Waals surface area contributed by atoms with Crippen molar-refractivity contribution >= 4 is 17.6 Å². The molecular formula is C20H18ClN3O4. The largest absolute Gasteiger partial charge is 0.459 e. The Morgan fingerprint density at radius 1 is 1.21 bits per heavy atom. The molecule has 1 aliphatic heterocycles. The van der Waals surface area contributed by atoms with Crippen LogP contribution in [0, 0.1) is 0 Å². The van der Waals surface area contributed by atoms with E-state index in [1.807, 2.05) is 24.3 Å². The standard InChI is InChI=1S/C20H18ClN3O4/c21-18-9-5-4-8-17(18)20(12-24-14-22-13-23-24)27-11-16(28-20)10-26-19(25)15-6-2-1-3-7-15/h1-9,13-14,16H,10-12H2/t16-,20-/m1/s1. The van der Waals surface area contributed by atoms with Crippen LogP contribution >= 0.6 is 11.6 Å². The SMILES string of the molecule is O=C(OC[C@@H]1CO[C@@](Cn2cncn2)(c2ccccc2Cl)O1)c1ccccc1. The third-order valence-electron chi connectivity index (χ3n) is 4.39. The van der Waals surface area contributed by atoms with Gasteiger partial charge >= 0.3 is 5.97 Å². The van der Waals surface area contributed by atoms with Crippen molar-refractivity contribution in [2.24, 2.45) is 0 Å². The maximum atomic E-state index is 12.2. The summed E-state index contributed by atoms with van der Waals surface area (Å²) in [6, 6.07) is 16.1. The highest BCUT2D eigenvalue weighted by Gasteiger charge is 2.45. The summed E-state index contributed by atoms with van der Waals surface area (Å²) < 4.78 is 19.3. The number of hydrogen-bond acceptors (Lipinski definition) is 6. The Morgan fingerprint density at radius 2 is 2.00 bits per heavy atom. The molecule has 3 aromatic rings. The number of nitrogens with zero attached hydrogens (tertiary/aromatic N) is 3. The van der Waals surface area contributed by atoms with E-state index >= 15 is 0 Å². The van der Waals surface area contributed by atoms with Crippen molar-refractivity contribution in [3.63, 3.8) is 0 Å². The average Bonchev–Trinajstić information content (AvgIpc) is 3.38. The summed E-state index contributed by atoms with van der Waals surface area (Å²) in [5, 5.41) is 4.65. The molecule has 0 N–H and O–H groups in total. The molecule has 0 radical (unpaired) electrons. The molecule has 1 aliphatic rings. The number of aromatic nitrogens is 3. The Kier molecular flexibility index (Phi) is 5.38. The monoisotopic (exact) mass is 399 g/mol. The predicted octanol–water partition coefficient (Wildman–Crippen LogP) is 3.06. The molecular weight excluding hydrogens is 382 g/mol. The molecule has 0 amide bonds. The molecule has 4 rings (SSSR count). The minimum atomic E-state index is -1.14. The number of hydrogen-bond donors (Lipinski definition) is 0. The Hall–Kier alpha value is -2.74. The minimum absolute atomic E-state index is 0.0668. The van der Waals surface area contributed by atoms with Gasteiger partial charge in [0.1, 0.15) is 31.9 Å². The van der Waals surface area contributed by atoms with Crippen LogP contribution in [0.1, 0.15) is 15.9 Å². The van der Waals surface area contributed by atoms with Crippen LogP contribution in [0.2, 0.25) is 5.02 Å². The highest BCUT2D eigenvalue weighted by Crippen LogP contribution is 2.39. The van der Waals surface area contributed by atoms with Crippen molar-refractivity contribution in [3.8, 4) is 0 Å². The highest BCUT2D eigenvalue weighted by molar-refractivity contribution is 6.31. The van der Waals surface area contributed by atoms with Crippen LogP contribution in [-0.4, -0.2) is 40.1 Å². The van der Waals surface area contributed by atoms with E-state index in [0.717, 1.165) is 0 Å². The molecule has 0 spiro atoms. The first-order valence-corrected chi connectivity index (χ1v) is 9.15. The van der Waals surface area contributed by atoms with Gasteiger partial charge in [-0.2, -0.15) is 5.10 Å². The molecule has 2 aromatic carbocycles. The summed E-state index contributed by atoms with van der Waals surface area (Å²) in [4.78, 5) is 16.1. The van der Waals surface area contributed by atoms with Crippen molar-refractivity contribution in [2.75, 3.05) is 13.2 Å². The molecule has 2 atom stereocenters. The topological polar surface area (TPSA) is 75.5 Å². The van der Waals surface area contributed by atoms with Gasteiger partial charge in [0.2, 0.25) is 5.79 Å². The maximum absolute atomic E-state index is 12.2. The number of ether oxygens (including phenoxy) is 3. The van der Waals surface area contributed by atoms with Gasteiger partial charge in [-0.05, 0) is 18.2 Å². The van der Waals surface area contributed by atoms with Crippen LogP contribution in [-0.2, 0) is 26.5 Å². The molecule has 1 fully saturated rings. The predicted molar refractivity (Wildman–Crippen MR) is 101 cm³/mol. The van der Waals surface area contributed by atoms with Gasteiger partial charge in [0.15, 0.2) is 0 Å². The number of rotatable bonds is 6. The molecule has 7 nitrogen and oxygen atoms in total. The van der Waals surface area contributed by atoms with E-state index in [0.29, 0.717) is 16.1 Å². The summed E-state index contributed by atoms with van der Waals surface area (Å²) in [7, 11) is 0. The fourth-order valence-corrected chi connectivity index (χ4v) is 3.36. The molecule has 1 saturated heterocycles. The van der Waals surface area contributed by atoms with Gasteiger partial charge in [-0.1, -0.05) is 48.0 Å². The van der Waals surface area contributed by atoms with Crippen molar-refractivity contribution in [3.05, 3.63) is 83.4 Å². The fourth-order valence-electron chi connectivity index (χ4n) is 3.08. The van der Waals surface area contributed by atoms with Gasteiger partial charge in [0.25, 0.3) is 0 Å². The van der Waals surface area contributed by atoms with Crippen LogP contribution in [0.5, 0.6) is 0 Å². The number of carbonyl (C=O) groups excluding carboxylic acids is 1. The van der Waals surface area contributed by atoms with Gasteiger partial charge in [0, 0.05) is 10.6 Å². The quantitative estimate of drug-likeness (QED) is 0.593. The molecule has 0 bridgehead atoms. The zero-order valence-corrected chi connectivity index (χ0v) is 15.7. The summed E-state index contributed by atoms with van der Waals surface area (Å²) >= 11 is 6.40. The Labute approximate surface area is 166 Å². The lowest BCUT2D eigenvalue weighted by Gasteiger charge is -2.29. The molecule has 1 aromatic heterocycles. The Balaban J connectivity index is 1.49. The van der Waals surface area contributed by atoms with E-state index in [9.17, 15) is 4.79 Å². The van der Waals surface area contributed by atoms with Crippen LogP contribution in [0.15, 0.2) is 67.3 Å². The Bertz CT molecular complexity index is 936. The fraction of sp³-hybridized carbons (Fsp3) is 0.250. The summed E-state index contributed by atoms with van der Waals surface area (Å²) in [6.07, 6.45) is 2.58. The van der Waals surface area contributed by atoms with E-state index in [-0.39, 0.29) is 19.8 Å². The van der Waals surface area contributed by atoms with Crippen LogP contribution in [0.3, 0.4) is 0 Å². The summed E-state index contributed by atoms with van der Waals surface area (Å²) in [5.74, 6) is -1.55. The zero-order chi connectivity index (χ0) is 19.4. The van der Waals surface area contributed by atoms with Crippen LogP contribution in [0.4, 0.5) is 0 Å². The number of halogens is 1. The first-order chi connectivity index (χ1) is 13.7. The second kappa shape index (κ2) is 8.10. The lowest BCUT2D eigenvalue weighted by molar-refractivity contribution is -0.191.